The normalized spacial score (nSPS) is 17.5. The van der Waals surface area contributed by atoms with Gasteiger partial charge in [-0.2, -0.15) is 0 Å². The number of piperazine rings is 1. The van der Waals surface area contributed by atoms with Crippen LogP contribution in [0, 0.1) is 0 Å². The fourth-order valence-electron chi connectivity index (χ4n) is 3.26. The molecule has 0 radical (unpaired) electrons. The maximum atomic E-state index is 12.8. The number of hydrogen-bond donors (Lipinski definition) is 0. The van der Waals surface area contributed by atoms with Crippen LogP contribution in [-0.2, 0) is 22.6 Å². The maximum absolute atomic E-state index is 12.8. The number of nitrogens with zero attached hydrogens (tertiary/aromatic N) is 4. The van der Waals surface area contributed by atoms with Gasteiger partial charge in [-0.25, -0.2) is 4.98 Å². The third-order valence-corrected chi connectivity index (χ3v) is 4.78. The van der Waals surface area contributed by atoms with Crippen molar-refractivity contribution in [3.05, 3.63) is 42.5 Å². The van der Waals surface area contributed by atoms with Gasteiger partial charge >= 0.3 is 0 Å². The second kappa shape index (κ2) is 7.59. The topological polar surface area (TPSA) is 67.7 Å². The molecule has 1 aromatic carbocycles. The molecule has 7 heteroatoms. The van der Waals surface area contributed by atoms with E-state index in [9.17, 15) is 9.59 Å². The summed E-state index contributed by atoms with van der Waals surface area (Å²) in [6.45, 7) is 4.98. The molecule has 1 saturated heterocycles. The van der Waals surface area contributed by atoms with Crippen LogP contribution in [0.4, 0.5) is 5.69 Å². The summed E-state index contributed by atoms with van der Waals surface area (Å²) in [5.41, 5.74) is 0.817. The SMILES string of the molecule is CCc1nccn1CC(=O)N1CCN(c2ccc(OC)cc2)C(=O)[C@@H]1C. The highest BCUT2D eigenvalue weighted by atomic mass is 16.5. The summed E-state index contributed by atoms with van der Waals surface area (Å²) in [7, 11) is 1.61. The van der Waals surface area contributed by atoms with Gasteiger partial charge in [-0.15, -0.1) is 0 Å². The zero-order valence-electron chi connectivity index (χ0n) is 15.4. The molecule has 0 unspecified atom stereocenters. The van der Waals surface area contributed by atoms with Gasteiger partial charge in [-0.1, -0.05) is 6.92 Å². The summed E-state index contributed by atoms with van der Waals surface area (Å²) in [6, 6.07) is 6.89. The van der Waals surface area contributed by atoms with E-state index in [1.165, 1.54) is 0 Å². The van der Waals surface area contributed by atoms with Gasteiger partial charge in [0.2, 0.25) is 11.8 Å². The Labute approximate surface area is 153 Å². The van der Waals surface area contributed by atoms with Crippen molar-refractivity contribution in [2.45, 2.75) is 32.9 Å². The van der Waals surface area contributed by atoms with E-state index in [2.05, 4.69) is 4.98 Å². The van der Waals surface area contributed by atoms with Crippen molar-refractivity contribution >= 4 is 17.5 Å². The van der Waals surface area contributed by atoms with E-state index in [1.54, 1.807) is 36.2 Å². The van der Waals surface area contributed by atoms with Crippen LogP contribution < -0.4 is 9.64 Å². The molecule has 0 aliphatic carbocycles. The third kappa shape index (κ3) is 3.42. The van der Waals surface area contributed by atoms with Gasteiger partial charge < -0.3 is 19.1 Å². The molecule has 0 N–H and O–H groups in total. The smallest absolute Gasteiger partial charge is 0.249 e. The molecule has 7 nitrogen and oxygen atoms in total. The van der Waals surface area contributed by atoms with Crippen molar-refractivity contribution in [2.75, 3.05) is 25.1 Å². The van der Waals surface area contributed by atoms with Crippen LogP contribution in [0.15, 0.2) is 36.7 Å². The van der Waals surface area contributed by atoms with E-state index in [1.807, 2.05) is 35.8 Å². The van der Waals surface area contributed by atoms with E-state index in [-0.39, 0.29) is 18.4 Å². The average molecular weight is 356 g/mol. The molecule has 1 aliphatic heterocycles. The highest BCUT2D eigenvalue weighted by molar-refractivity contribution is 6.00. The highest BCUT2D eigenvalue weighted by Crippen LogP contribution is 2.23. The van der Waals surface area contributed by atoms with Crippen LogP contribution in [0.25, 0.3) is 0 Å². The molecule has 0 bridgehead atoms. The van der Waals surface area contributed by atoms with Crippen LogP contribution in [0.3, 0.4) is 0 Å². The molecule has 138 valence electrons. The molecular formula is C19H24N4O3. The fourth-order valence-corrected chi connectivity index (χ4v) is 3.26. The Hall–Kier alpha value is -2.83. The molecule has 1 atom stereocenters. The number of ether oxygens (including phenoxy) is 1. The zero-order chi connectivity index (χ0) is 18.7. The number of rotatable bonds is 5. The minimum atomic E-state index is -0.494. The van der Waals surface area contributed by atoms with Gasteiger partial charge in [0, 0.05) is 37.6 Å². The number of anilines is 1. The Morgan fingerprint density at radius 1 is 1.27 bits per heavy atom. The number of aryl methyl sites for hydroxylation is 1. The first-order valence-corrected chi connectivity index (χ1v) is 8.80. The Bertz CT molecular complexity index is 784. The molecule has 3 rings (SSSR count). The highest BCUT2D eigenvalue weighted by Gasteiger charge is 2.35. The van der Waals surface area contributed by atoms with Crippen molar-refractivity contribution in [3.63, 3.8) is 0 Å². The second-order valence-electron chi connectivity index (χ2n) is 6.28. The Morgan fingerprint density at radius 3 is 2.65 bits per heavy atom. The molecule has 1 aliphatic rings. The first-order chi connectivity index (χ1) is 12.5. The number of benzene rings is 1. The molecule has 2 heterocycles. The third-order valence-electron chi connectivity index (χ3n) is 4.78. The lowest BCUT2D eigenvalue weighted by Crippen LogP contribution is -2.58. The summed E-state index contributed by atoms with van der Waals surface area (Å²) in [5, 5.41) is 0. The molecule has 2 amide bonds. The lowest BCUT2D eigenvalue weighted by atomic mass is 10.1. The van der Waals surface area contributed by atoms with Gasteiger partial charge in [-0.3, -0.25) is 9.59 Å². The standard InChI is InChI=1S/C19H24N4O3/c1-4-17-20-9-10-21(17)13-18(24)22-11-12-23(19(25)14(22)2)15-5-7-16(26-3)8-6-15/h5-10,14H,4,11-13H2,1-3H3/t14-/m0/s1. The number of carbonyl (C=O) groups excluding carboxylic acids is 2. The first-order valence-electron chi connectivity index (χ1n) is 8.80. The minimum Gasteiger partial charge on any atom is -0.497 e. The van der Waals surface area contributed by atoms with Crippen molar-refractivity contribution < 1.29 is 14.3 Å². The molecule has 0 spiro atoms. The van der Waals surface area contributed by atoms with E-state index in [0.717, 1.165) is 23.7 Å². The molecule has 1 fully saturated rings. The number of imidazole rings is 1. The lowest BCUT2D eigenvalue weighted by molar-refractivity contribution is -0.141. The van der Waals surface area contributed by atoms with Crippen LogP contribution >= 0.6 is 0 Å². The van der Waals surface area contributed by atoms with Crippen LogP contribution in [0.1, 0.15) is 19.7 Å². The average Bonchev–Trinajstić information content (AvgIpc) is 3.11. The largest absolute Gasteiger partial charge is 0.497 e. The molecule has 2 aromatic rings. The van der Waals surface area contributed by atoms with Crippen LogP contribution in [0.5, 0.6) is 5.75 Å². The van der Waals surface area contributed by atoms with Crippen molar-refractivity contribution in [1.82, 2.24) is 14.5 Å². The van der Waals surface area contributed by atoms with Crippen molar-refractivity contribution in [1.29, 1.82) is 0 Å². The molecule has 26 heavy (non-hydrogen) atoms. The molecule has 1 aromatic heterocycles. The summed E-state index contributed by atoms with van der Waals surface area (Å²) in [6.07, 6.45) is 4.26. The quantitative estimate of drug-likeness (QED) is 0.818. The molecule has 0 saturated carbocycles. The van der Waals surface area contributed by atoms with Gasteiger partial charge in [0.1, 0.15) is 24.2 Å². The monoisotopic (exact) mass is 356 g/mol. The van der Waals surface area contributed by atoms with Crippen LogP contribution in [0.2, 0.25) is 0 Å². The summed E-state index contributed by atoms with van der Waals surface area (Å²) < 4.78 is 7.00. The van der Waals surface area contributed by atoms with E-state index in [0.29, 0.717) is 13.1 Å². The van der Waals surface area contributed by atoms with Crippen molar-refractivity contribution in [2.24, 2.45) is 0 Å². The number of methoxy groups -OCH3 is 1. The molecular weight excluding hydrogens is 332 g/mol. The summed E-state index contributed by atoms with van der Waals surface area (Å²) in [5.74, 6) is 1.48. The van der Waals surface area contributed by atoms with E-state index in [4.69, 9.17) is 4.74 Å². The number of hydrogen-bond acceptors (Lipinski definition) is 4. The minimum absolute atomic E-state index is 0.0621. The van der Waals surface area contributed by atoms with Gasteiger partial charge in [0.25, 0.3) is 0 Å². The van der Waals surface area contributed by atoms with Gasteiger partial charge in [0.15, 0.2) is 0 Å². The number of amides is 2. The Balaban J connectivity index is 1.69. The van der Waals surface area contributed by atoms with Crippen LogP contribution in [-0.4, -0.2) is 52.5 Å². The predicted molar refractivity (Wildman–Crippen MR) is 98.1 cm³/mol. The number of carbonyl (C=O) groups is 2. The van der Waals surface area contributed by atoms with Gasteiger partial charge in [0.05, 0.1) is 7.11 Å². The van der Waals surface area contributed by atoms with E-state index >= 15 is 0 Å². The van der Waals surface area contributed by atoms with E-state index < -0.39 is 6.04 Å². The Kier molecular flexibility index (Phi) is 5.25. The second-order valence-corrected chi connectivity index (χ2v) is 6.28. The zero-order valence-corrected chi connectivity index (χ0v) is 15.4. The predicted octanol–water partition coefficient (Wildman–Crippen LogP) is 1.72. The summed E-state index contributed by atoms with van der Waals surface area (Å²) in [4.78, 5) is 33.1. The van der Waals surface area contributed by atoms with Crippen molar-refractivity contribution in [3.8, 4) is 5.75 Å². The lowest BCUT2D eigenvalue weighted by Gasteiger charge is -2.39. The first kappa shape index (κ1) is 18.0. The van der Waals surface area contributed by atoms with Gasteiger partial charge in [-0.05, 0) is 31.2 Å². The Morgan fingerprint density at radius 2 is 2.00 bits per heavy atom. The maximum Gasteiger partial charge on any atom is 0.249 e. The fraction of sp³-hybridized carbons (Fsp3) is 0.421. The summed E-state index contributed by atoms with van der Waals surface area (Å²) >= 11 is 0. The number of aromatic nitrogens is 2.